The fraction of sp³-hybridized carbons (Fsp3) is 0.261. The maximum absolute atomic E-state index is 12.9. The van der Waals surface area contributed by atoms with Crippen LogP contribution in [0.25, 0.3) is 0 Å². The number of carbonyl (C=O) groups excluding carboxylic acids is 2. The summed E-state index contributed by atoms with van der Waals surface area (Å²) in [5.74, 6) is -2.41. The monoisotopic (exact) mass is 498 g/mol. The van der Waals surface area contributed by atoms with E-state index in [0.717, 1.165) is 11.8 Å². The number of rotatable bonds is 8. The van der Waals surface area contributed by atoms with E-state index in [-0.39, 0.29) is 35.3 Å². The highest BCUT2D eigenvalue weighted by atomic mass is 32.2. The minimum absolute atomic E-state index is 0.000695. The second-order valence-corrected chi connectivity index (χ2v) is 8.92. The van der Waals surface area contributed by atoms with Crippen molar-refractivity contribution in [3.05, 3.63) is 59.3 Å². The first-order valence-corrected chi connectivity index (χ1v) is 11.9. The molecule has 0 radical (unpaired) electrons. The van der Waals surface area contributed by atoms with Gasteiger partial charge in [-0.2, -0.15) is 5.26 Å². The number of anilines is 1. The maximum Gasteiger partial charge on any atom is 0.336 e. The third kappa shape index (κ3) is 5.65. The fourth-order valence-corrected chi connectivity index (χ4v) is 4.86. The van der Waals surface area contributed by atoms with Gasteiger partial charge in [-0.1, -0.05) is 30.5 Å². The van der Waals surface area contributed by atoms with E-state index in [2.05, 4.69) is 27.9 Å². The van der Waals surface area contributed by atoms with Crippen molar-refractivity contribution >= 4 is 45.2 Å². The molecule has 2 atom stereocenters. The SMILES string of the molecule is C=CCOC(=O)C1=C(C)N=C(SCC(=O)Nc2nccs2)C(C#N)[C@H]1c1ccc(O)c(OC)c1. The molecule has 9 nitrogen and oxygen atoms in total. The Bertz CT molecular complexity index is 1180. The number of carbonyl (C=O) groups is 2. The number of esters is 1. The molecule has 176 valence electrons. The van der Waals surface area contributed by atoms with Gasteiger partial charge in [-0.25, -0.2) is 14.8 Å². The highest BCUT2D eigenvalue weighted by molar-refractivity contribution is 8.14. The number of hydrogen-bond acceptors (Lipinski definition) is 10. The summed E-state index contributed by atoms with van der Waals surface area (Å²) in [6, 6.07) is 6.85. The Hall–Kier alpha value is -3.62. The minimum atomic E-state index is -0.873. The van der Waals surface area contributed by atoms with Crippen molar-refractivity contribution in [2.24, 2.45) is 10.9 Å². The van der Waals surface area contributed by atoms with Crippen molar-refractivity contribution in [1.29, 1.82) is 5.26 Å². The summed E-state index contributed by atoms with van der Waals surface area (Å²) in [5, 5.41) is 25.4. The highest BCUT2D eigenvalue weighted by Gasteiger charge is 2.40. The van der Waals surface area contributed by atoms with Gasteiger partial charge in [0.1, 0.15) is 12.5 Å². The van der Waals surface area contributed by atoms with Crippen molar-refractivity contribution in [2.45, 2.75) is 12.8 Å². The first-order valence-electron chi connectivity index (χ1n) is 10.1. The molecule has 0 fully saturated rings. The van der Waals surface area contributed by atoms with Gasteiger partial charge in [-0.15, -0.1) is 11.3 Å². The topological polar surface area (TPSA) is 134 Å². The Morgan fingerprint density at radius 2 is 2.24 bits per heavy atom. The largest absolute Gasteiger partial charge is 0.504 e. The predicted molar refractivity (Wildman–Crippen MR) is 131 cm³/mol. The van der Waals surface area contributed by atoms with E-state index < -0.39 is 17.8 Å². The lowest BCUT2D eigenvalue weighted by Crippen LogP contribution is -2.30. The molecule has 11 heteroatoms. The molecule has 0 aliphatic carbocycles. The zero-order valence-corrected chi connectivity index (χ0v) is 20.1. The number of nitriles is 1. The van der Waals surface area contributed by atoms with Gasteiger partial charge in [0.05, 0.1) is 29.5 Å². The molecule has 2 heterocycles. The van der Waals surface area contributed by atoms with Crippen molar-refractivity contribution < 1.29 is 24.2 Å². The molecule has 0 bridgehead atoms. The molecule has 0 spiro atoms. The van der Waals surface area contributed by atoms with Crippen molar-refractivity contribution in [3.63, 3.8) is 0 Å². The van der Waals surface area contributed by atoms with Gasteiger partial charge in [0.15, 0.2) is 16.6 Å². The minimum Gasteiger partial charge on any atom is -0.504 e. The van der Waals surface area contributed by atoms with Crippen LogP contribution >= 0.6 is 23.1 Å². The summed E-state index contributed by atoms with van der Waals surface area (Å²) >= 11 is 2.41. The number of benzene rings is 1. The molecule has 1 unspecified atom stereocenters. The first kappa shape index (κ1) is 25.0. The maximum atomic E-state index is 12.9. The molecule has 0 saturated carbocycles. The molecular weight excluding hydrogens is 476 g/mol. The molecule has 1 aliphatic heterocycles. The van der Waals surface area contributed by atoms with Crippen LogP contribution in [-0.4, -0.2) is 46.5 Å². The molecular formula is C23H22N4O5S2. The van der Waals surface area contributed by atoms with Crippen LogP contribution in [0.4, 0.5) is 5.13 Å². The molecule has 3 rings (SSSR count). The Balaban J connectivity index is 1.96. The van der Waals surface area contributed by atoms with Gasteiger partial charge in [-0.05, 0) is 24.6 Å². The average Bonchev–Trinajstić information content (AvgIpc) is 3.34. The Kier molecular flexibility index (Phi) is 8.45. The van der Waals surface area contributed by atoms with Crippen molar-refractivity contribution in [2.75, 3.05) is 24.8 Å². The van der Waals surface area contributed by atoms with Gasteiger partial charge in [0.25, 0.3) is 0 Å². The molecule has 2 aromatic rings. The number of allylic oxidation sites excluding steroid dienone is 1. The Morgan fingerprint density at radius 1 is 1.44 bits per heavy atom. The van der Waals surface area contributed by atoms with E-state index in [0.29, 0.717) is 21.4 Å². The standard InChI is InChI=1S/C23H22N4O5S2/c1-4-8-32-22(30)19-13(2)26-21(34-12-18(29)27-23-25-7-9-33-23)15(11-24)20(19)14-5-6-16(28)17(10-14)31-3/h4-7,9-10,15,20,28H,1,8,12H2,2-3H3,(H,25,27,29)/t15?,20-/m1/s1. The van der Waals surface area contributed by atoms with Crippen LogP contribution < -0.4 is 10.1 Å². The summed E-state index contributed by atoms with van der Waals surface area (Å²) < 4.78 is 10.5. The number of hydrogen-bond donors (Lipinski definition) is 2. The fourth-order valence-electron chi connectivity index (χ4n) is 3.39. The Morgan fingerprint density at radius 3 is 2.88 bits per heavy atom. The molecule has 34 heavy (non-hydrogen) atoms. The van der Waals surface area contributed by atoms with Crippen LogP contribution in [0.3, 0.4) is 0 Å². The smallest absolute Gasteiger partial charge is 0.336 e. The number of methoxy groups -OCH3 is 1. The lowest BCUT2D eigenvalue weighted by atomic mass is 9.79. The van der Waals surface area contributed by atoms with Crippen LogP contribution in [0, 0.1) is 17.2 Å². The molecule has 1 aromatic carbocycles. The number of aromatic hydroxyl groups is 1. The lowest BCUT2D eigenvalue weighted by molar-refractivity contribution is -0.138. The number of nitrogens with zero attached hydrogens (tertiary/aromatic N) is 3. The summed E-state index contributed by atoms with van der Waals surface area (Å²) in [6.07, 6.45) is 3.03. The van der Waals surface area contributed by atoms with Crippen LogP contribution in [0.2, 0.25) is 0 Å². The van der Waals surface area contributed by atoms with Gasteiger partial charge in [-0.3, -0.25) is 4.79 Å². The second-order valence-electron chi connectivity index (χ2n) is 7.03. The van der Waals surface area contributed by atoms with E-state index in [9.17, 15) is 20.0 Å². The van der Waals surface area contributed by atoms with E-state index in [1.807, 2.05) is 0 Å². The van der Waals surface area contributed by atoms with E-state index in [1.165, 1.54) is 30.6 Å². The van der Waals surface area contributed by atoms with Crippen LogP contribution in [0.15, 0.2) is 58.7 Å². The van der Waals surface area contributed by atoms with Gasteiger partial charge in [0, 0.05) is 23.2 Å². The summed E-state index contributed by atoms with van der Waals surface area (Å²) in [7, 11) is 1.41. The number of amides is 1. The molecule has 0 saturated heterocycles. The van der Waals surface area contributed by atoms with E-state index in [1.54, 1.807) is 30.6 Å². The Labute approximate surface area is 204 Å². The number of ether oxygens (including phenoxy) is 2. The van der Waals surface area contributed by atoms with E-state index >= 15 is 0 Å². The number of phenols is 1. The van der Waals surface area contributed by atoms with Gasteiger partial charge < -0.3 is 19.9 Å². The summed E-state index contributed by atoms with van der Waals surface area (Å²) in [4.78, 5) is 33.8. The number of aliphatic imine (C=N–C) groups is 1. The van der Waals surface area contributed by atoms with Crippen LogP contribution in [-0.2, 0) is 14.3 Å². The number of thioether (sulfide) groups is 1. The predicted octanol–water partition coefficient (Wildman–Crippen LogP) is 3.87. The zero-order valence-electron chi connectivity index (χ0n) is 18.5. The lowest BCUT2D eigenvalue weighted by Gasteiger charge is -2.30. The second kappa shape index (κ2) is 11.5. The van der Waals surface area contributed by atoms with Crippen LogP contribution in [0.1, 0.15) is 18.4 Å². The third-order valence-corrected chi connectivity index (χ3v) is 6.60. The van der Waals surface area contributed by atoms with Crippen molar-refractivity contribution in [1.82, 2.24) is 4.98 Å². The highest BCUT2D eigenvalue weighted by Crippen LogP contribution is 2.43. The average molecular weight is 499 g/mol. The molecule has 2 N–H and O–H groups in total. The molecule has 1 aliphatic rings. The normalized spacial score (nSPS) is 17.4. The van der Waals surface area contributed by atoms with Gasteiger partial charge in [0.2, 0.25) is 5.91 Å². The van der Waals surface area contributed by atoms with Gasteiger partial charge >= 0.3 is 5.97 Å². The third-order valence-electron chi connectivity index (χ3n) is 4.86. The molecule has 1 amide bonds. The molecule has 1 aromatic heterocycles. The van der Waals surface area contributed by atoms with E-state index in [4.69, 9.17) is 9.47 Å². The van der Waals surface area contributed by atoms with Crippen LogP contribution in [0.5, 0.6) is 11.5 Å². The number of nitrogens with one attached hydrogen (secondary N) is 1. The zero-order chi connectivity index (χ0) is 24.7. The van der Waals surface area contributed by atoms with Crippen molar-refractivity contribution in [3.8, 4) is 17.6 Å². The summed E-state index contributed by atoms with van der Waals surface area (Å²) in [5.41, 5.74) is 1.16. The number of aromatic nitrogens is 1. The quantitative estimate of drug-likeness (QED) is 0.414. The first-order chi connectivity index (χ1) is 16.4. The summed E-state index contributed by atoms with van der Waals surface area (Å²) in [6.45, 7) is 5.21. The number of phenolic OH excluding ortho intramolecular Hbond substituents is 1. The number of thiazole rings is 1.